The lowest BCUT2D eigenvalue weighted by Crippen LogP contribution is -2.24. The van der Waals surface area contributed by atoms with E-state index in [-0.39, 0.29) is 18.7 Å². The molecule has 1 aliphatic rings. The minimum Gasteiger partial charge on any atom is -0.462 e. The summed E-state index contributed by atoms with van der Waals surface area (Å²) in [6.45, 7) is 4.13. The highest BCUT2D eigenvalue weighted by atomic mass is 16.5. The normalized spacial score (nSPS) is 20.6. The van der Waals surface area contributed by atoms with Gasteiger partial charge in [-0.3, -0.25) is 4.79 Å². The van der Waals surface area contributed by atoms with Crippen molar-refractivity contribution in [2.45, 2.75) is 103 Å². The van der Waals surface area contributed by atoms with Crippen molar-refractivity contribution in [1.29, 1.82) is 0 Å². The van der Waals surface area contributed by atoms with E-state index in [4.69, 9.17) is 9.84 Å². The Hall–Kier alpha value is -0.610. The van der Waals surface area contributed by atoms with Crippen molar-refractivity contribution in [3.05, 3.63) is 0 Å². The molecule has 0 heterocycles. The highest BCUT2D eigenvalue weighted by Crippen LogP contribution is 2.30. The summed E-state index contributed by atoms with van der Waals surface area (Å²) in [7, 11) is 0. The molecule has 0 radical (unpaired) electrons. The number of nitrogens with one attached hydrogen (secondary N) is 1. The first-order valence-corrected chi connectivity index (χ1v) is 10.8. The van der Waals surface area contributed by atoms with Crippen molar-refractivity contribution in [2.75, 3.05) is 19.7 Å². The van der Waals surface area contributed by atoms with E-state index in [0.29, 0.717) is 13.0 Å². The first-order chi connectivity index (χ1) is 12.3. The Balaban J connectivity index is 1.92. The van der Waals surface area contributed by atoms with Gasteiger partial charge in [0.15, 0.2) is 0 Å². The summed E-state index contributed by atoms with van der Waals surface area (Å²) in [5, 5.41) is 11.8. The smallest absolute Gasteiger partial charge is 0.306 e. The van der Waals surface area contributed by atoms with Crippen LogP contribution in [-0.4, -0.2) is 36.9 Å². The molecule has 4 heteroatoms. The fourth-order valence-corrected chi connectivity index (χ4v) is 3.72. The van der Waals surface area contributed by atoms with Gasteiger partial charge in [-0.2, -0.15) is 0 Å². The maximum Gasteiger partial charge on any atom is 0.306 e. The zero-order valence-electron chi connectivity index (χ0n) is 16.4. The SMILES string of the molecule is CCCCCC1CCC(OC(=O)CCCCCCCNCCO)CC1. The van der Waals surface area contributed by atoms with Crippen molar-refractivity contribution in [1.82, 2.24) is 5.32 Å². The van der Waals surface area contributed by atoms with E-state index in [1.807, 2.05) is 0 Å². The van der Waals surface area contributed by atoms with E-state index >= 15 is 0 Å². The predicted octanol–water partition coefficient (Wildman–Crippen LogP) is 4.59. The Bertz CT molecular complexity index is 314. The fraction of sp³-hybridized carbons (Fsp3) is 0.952. The molecule has 0 aliphatic heterocycles. The third-order valence-electron chi connectivity index (χ3n) is 5.33. The second-order valence-electron chi connectivity index (χ2n) is 7.62. The number of hydrogen-bond acceptors (Lipinski definition) is 4. The summed E-state index contributed by atoms with van der Waals surface area (Å²) < 4.78 is 5.66. The average Bonchev–Trinajstić information content (AvgIpc) is 2.62. The van der Waals surface area contributed by atoms with Gasteiger partial charge in [0.25, 0.3) is 0 Å². The molecular weight excluding hydrogens is 314 g/mol. The molecule has 1 rings (SSSR count). The van der Waals surface area contributed by atoms with E-state index in [1.54, 1.807) is 0 Å². The van der Waals surface area contributed by atoms with E-state index in [2.05, 4.69) is 12.2 Å². The van der Waals surface area contributed by atoms with Crippen molar-refractivity contribution >= 4 is 5.97 Å². The minimum atomic E-state index is 0.0130. The van der Waals surface area contributed by atoms with Crippen LogP contribution < -0.4 is 5.32 Å². The Morgan fingerprint density at radius 1 is 0.960 bits per heavy atom. The lowest BCUT2D eigenvalue weighted by molar-refractivity contribution is -0.151. The number of aliphatic hydroxyl groups is 1. The summed E-state index contributed by atoms with van der Waals surface area (Å²) in [5.74, 6) is 0.882. The molecule has 25 heavy (non-hydrogen) atoms. The summed E-state index contributed by atoms with van der Waals surface area (Å²) in [6.07, 6.45) is 16.4. The first-order valence-electron chi connectivity index (χ1n) is 10.8. The van der Waals surface area contributed by atoms with Crippen LogP contribution in [0.1, 0.15) is 96.8 Å². The van der Waals surface area contributed by atoms with E-state index in [1.165, 1.54) is 51.4 Å². The number of carbonyl (C=O) groups excluding carboxylic acids is 1. The number of ether oxygens (including phenoxy) is 1. The summed E-state index contributed by atoms with van der Waals surface area (Å²) in [5.41, 5.74) is 0. The second-order valence-corrected chi connectivity index (χ2v) is 7.62. The fourth-order valence-electron chi connectivity index (χ4n) is 3.72. The third-order valence-corrected chi connectivity index (χ3v) is 5.33. The zero-order chi connectivity index (χ0) is 18.2. The van der Waals surface area contributed by atoms with Gasteiger partial charge in [0, 0.05) is 13.0 Å². The van der Waals surface area contributed by atoms with Crippen molar-refractivity contribution in [3.63, 3.8) is 0 Å². The van der Waals surface area contributed by atoms with Crippen LogP contribution in [0, 0.1) is 5.92 Å². The Morgan fingerprint density at radius 2 is 1.68 bits per heavy atom. The molecular formula is C21H41NO3. The van der Waals surface area contributed by atoms with Crippen LogP contribution >= 0.6 is 0 Å². The van der Waals surface area contributed by atoms with Crippen molar-refractivity contribution in [2.24, 2.45) is 5.92 Å². The topological polar surface area (TPSA) is 58.6 Å². The molecule has 0 amide bonds. The predicted molar refractivity (Wildman–Crippen MR) is 104 cm³/mol. The van der Waals surface area contributed by atoms with Gasteiger partial charge in [-0.1, -0.05) is 51.9 Å². The largest absolute Gasteiger partial charge is 0.462 e. The van der Waals surface area contributed by atoms with Gasteiger partial charge in [0.2, 0.25) is 0 Å². The molecule has 1 aliphatic carbocycles. The van der Waals surface area contributed by atoms with Crippen LogP contribution in [0.15, 0.2) is 0 Å². The minimum absolute atomic E-state index is 0.0130. The second kappa shape index (κ2) is 15.6. The quantitative estimate of drug-likeness (QED) is 0.333. The van der Waals surface area contributed by atoms with Crippen molar-refractivity contribution < 1.29 is 14.6 Å². The Labute approximate surface area is 155 Å². The van der Waals surface area contributed by atoms with Gasteiger partial charge >= 0.3 is 5.97 Å². The van der Waals surface area contributed by atoms with Crippen molar-refractivity contribution in [3.8, 4) is 0 Å². The molecule has 1 saturated carbocycles. The molecule has 0 atom stereocenters. The molecule has 0 aromatic rings. The number of unbranched alkanes of at least 4 members (excludes halogenated alkanes) is 6. The Kier molecular flexibility index (Phi) is 14.0. The molecule has 0 bridgehead atoms. The average molecular weight is 356 g/mol. The van der Waals surface area contributed by atoms with Gasteiger partial charge in [-0.15, -0.1) is 0 Å². The highest BCUT2D eigenvalue weighted by molar-refractivity contribution is 5.69. The molecule has 0 aromatic heterocycles. The standard InChI is InChI=1S/C21H41NO3/c1-2-3-7-10-19-12-14-20(15-13-19)25-21(24)11-8-5-4-6-9-16-22-17-18-23/h19-20,22-23H,2-18H2,1H3. The molecule has 2 N–H and O–H groups in total. The molecule has 0 aromatic carbocycles. The number of rotatable bonds is 15. The molecule has 0 unspecified atom stereocenters. The van der Waals surface area contributed by atoms with Crippen LogP contribution in [0.3, 0.4) is 0 Å². The van der Waals surface area contributed by atoms with Gasteiger partial charge in [-0.05, 0) is 51.0 Å². The van der Waals surface area contributed by atoms with Gasteiger partial charge in [-0.25, -0.2) is 0 Å². The number of esters is 1. The lowest BCUT2D eigenvalue weighted by atomic mass is 9.84. The summed E-state index contributed by atoms with van der Waals surface area (Å²) in [4.78, 5) is 12.0. The maximum absolute atomic E-state index is 12.0. The molecule has 0 spiro atoms. The molecule has 0 saturated heterocycles. The van der Waals surface area contributed by atoms with E-state index in [0.717, 1.165) is 44.6 Å². The third kappa shape index (κ3) is 12.4. The lowest BCUT2D eigenvalue weighted by Gasteiger charge is -2.28. The molecule has 4 nitrogen and oxygen atoms in total. The van der Waals surface area contributed by atoms with Crippen LogP contribution in [0.5, 0.6) is 0 Å². The monoisotopic (exact) mass is 355 g/mol. The van der Waals surface area contributed by atoms with Crippen LogP contribution in [0.25, 0.3) is 0 Å². The summed E-state index contributed by atoms with van der Waals surface area (Å²) in [6, 6.07) is 0. The van der Waals surface area contributed by atoms with Gasteiger partial charge in [0.05, 0.1) is 6.61 Å². The number of aliphatic hydroxyl groups excluding tert-OH is 1. The first kappa shape index (κ1) is 22.4. The summed E-state index contributed by atoms with van der Waals surface area (Å²) >= 11 is 0. The van der Waals surface area contributed by atoms with E-state index < -0.39 is 0 Å². The zero-order valence-corrected chi connectivity index (χ0v) is 16.4. The molecule has 148 valence electrons. The highest BCUT2D eigenvalue weighted by Gasteiger charge is 2.23. The van der Waals surface area contributed by atoms with Gasteiger partial charge in [0.1, 0.15) is 6.10 Å². The van der Waals surface area contributed by atoms with Crippen LogP contribution in [-0.2, 0) is 9.53 Å². The number of hydrogen-bond donors (Lipinski definition) is 2. The maximum atomic E-state index is 12.0. The van der Waals surface area contributed by atoms with E-state index in [9.17, 15) is 4.79 Å². The number of carbonyl (C=O) groups is 1. The Morgan fingerprint density at radius 3 is 2.40 bits per heavy atom. The van der Waals surface area contributed by atoms with Gasteiger partial charge < -0.3 is 15.2 Å². The van der Waals surface area contributed by atoms with Crippen LogP contribution in [0.2, 0.25) is 0 Å². The van der Waals surface area contributed by atoms with Crippen LogP contribution in [0.4, 0.5) is 0 Å². The molecule has 1 fully saturated rings.